The van der Waals surface area contributed by atoms with Gasteiger partial charge < -0.3 is 5.11 Å². The average Bonchev–Trinajstić information content (AvgIpc) is 2.70. The normalized spacial score (nSPS) is 10.4. The standard InChI is InChI=1S/C11H8BrN3O4/c1-6-8(11(16)17)5-14(13-6)10-4-7(12)2-3-9(10)15(18)19/h2-5H,1H3,(H,16,17). The van der Waals surface area contributed by atoms with E-state index in [1.165, 1.54) is 36.0 Å². The molecule has 0 atom stereocenters. The Bertz CT molecular complexity index is 681. The molecule has 7 nitrogen and oxygen atoms in total. The smallest absolute Gasteiger partial charge is 0.339 e. The highest BCUT2D eigenvalue weighted by molar-refractivity contribution is 9.10. The lowest BCUT2D eigenvalue weighted by Crippen LogP contribution is -2.01. The maximum atomic E-state index is 11.0. The highest BCUT2D eigenvalue weighted by Gasteiger charge is 2.19. The van der Waals surface area contributed by atoms with Gasteiger partial charge in [-0.2, -0.15) is 5.10 Å². The van der Waals surface area contributed by atoms with Crippen LogP contribution < -0.4 is 0 Å². The highest BCUT2D eigenvalue weighted by atomic mass is 79.9. The zero-order valence-corrected chi connectivity index (χ0v) is 11.3. The van der Waals surface area contributed by atoms with Crippen LogP contribution in [-0.2, 0) is 0 Å². The number of benzene rings is 1. The van der Waals surface area contributed by atoms with E-state index in [1.54, 1.807) is 0 Å². The Labute approximate surface area is 115 Å². The maximum absolute atomic E-state index is 11.0. The predicted octanol–water partition coefficient (Wildman–Crippen LogP) is 2.55. The van der Waals surface area contributed by atoms with Crippen molar-refractivity contribution in [2.24, 2.45) is 0 Å². The minimum absolute atomic E-state index is 0.00859. The van der Waals surface area contributed by atoms with E-state index in [0.29, 0.717) is 10.2 Å². The van der Waals surface area contributed by atoms with Crippen molar-refractivity contribution in [3.63, 3.8) is 0 Å². The zero-order valence-electron chi connectivity index (χ0n) is 9.70. The molecule has 1 aromatic carbocycles. The van der Waals surface area contributed by atoms with Crippen molar-refractivity contribution in [1.29, 1.82) is 0 Å². The number of rotatable bonds is 3. The first kappa shape index (κ1) is 13.2. The third-order valence-corrected chi connectivity index (χ3v) is 3.00. The lowest BCUT2D eigenvalue weighted by molar-refractivity contribution is -0.384. The molecule has 2 rings (SSSR count). The molecule has 0 bridgehead atoms. The third kappa shape index (κ3) is 2.48. The number of halogens is 1. The van der Waals surface area contributed by atoms with Crippen LogP contribution in [0, 0.1) is 17.0 Å². The van der Waals surface area contributed by atoms with Gasteiger partial charge in [0.15, 0.2) is 0 Å². The molecule has 0 amide bonds. The van der Waals surface area contributed by atoms with Gasteiger partial charge >= 0.3 is 5.97 Å². The van der Waals surface area contributed by atoms with Gasteiger partial charge in [0.2, 0.25) is 0 Å². The van der Waals surface area contributed by atoms with E-state index in [4.69, 9.17) is 5.11 Å². The Kier molecular flexibility index (Phi) is 3.34. The second-order valence-electron chi connectivity index (χ2n) is 3.77. The van der Waals surface area contributed by atoms with Crippen molar-refractivity contribution < 1.29 is 14.8 Å². The number of aromatic carboxylic acids is 1. The summed E-state index contributed by atoms with van der Waals surface area (Å²) in [6.07, 6.45) is 1.26. The minimum Gasteiger partial charge on any atom is -0.478 e. The van der Waals surface area contributed by atoms with E-state index in [9.17, 15) is 14.9 Å². The summed E-state index contributed by atoms with van der Waals surface area (Å²) in [5.74, 6) is -1.12. The number of carboxylic acid groups (broad SMARTS) is 1. The summed E-state index contributed by atoms with van der Waals surface area (Å²) in [6, 6.07) is 4.38. The topological polar surface area (TPSA) is 98.3 Å². The van der Waals surface area contributed by atoms with Crippen molar-refractivity contribution in [1.82, 2.24) is 9.78 Å². The fourth-order valence-electron chi connectivity index (χ4n) is 1.63. The number of hydrogen-bond donors (Lipinski definition) is 1. The van der Waals surface area contributed by atoms with E-state index in [1.807, 2.05) is 0 Å². The Balaban J connectivity index is 2.64. The number of carboxylic acids is 1. The first-order valence-corrected chi connectivity index (χ1v) is 5.93. The molecule has 0 radical (unpaired) electrons. The fraction of sp³-hybridized carbons (Fsp3) is 0.0909. The van der Waals surface area contributed by atoms with Crippen LogP contribution in [0.3, 0.4) is 0 Å². The van der Waals surface area contributed by atoms with Crippen molar-refractivity contribution in [3.05, 3.63) is 50.2 Å². The number of carbonyl (C=O) groups is 1. The first-order valence-electron chi connectivity index (χ1n) is 5.14. The number of nitro groups is 1. The van der Waals surface area contributed by atoms with Crippen LogP contribution in [0.2, 0.25) is 0 Å². The molecule has 0 aliphatic carbocycles. The summed E-state index contributed by atoms with van der Waals surface area (Å²) in [5, 5.41) is 23.9. The predicted molar refractivity (Wildman–Crippen MR) is 69.6 cm³/mol. The molecule has 19 heavy (non-hydrogen) atoms. The summed E-state index contributed by atoms with van der Waals surface area (Å²) in [7, 11) is 0. The van der Waals surface area contributed by atoms with Gasteiger partial charge in [0.25, 0.3) is 5.69 Å². The quantitative estimate of drug-likeness (QED) is 0.690. The molecule has 0 unspecified atom stereocenters. The lowest BCUT2D eigenvalue weighted by atomic mass is 10.2. The molecule has 0 aliphatic heterocycles. The summed E-state index contributed by atoms with van der Waals surface area (Å²) in [6.45, 7) is 1.53. The van der Waals surface area contributed by atoms with Gasteiger partial charge in [-0.3, -0.25) is 10.1 Å². The molecule has 1 N–H and O–H groups in total. The Morgan fingerprint density at radius 1 is 1.53 bits per heavy atom. The molecule has 0 saturated heterocycles. The monoisotopic (exact) mass is 325 g/mol. The third-order valence-electron chi connectivity index (χ3n) is 2.51. The van der Waals surface area contributed by atoms with Crippen molar-refractivity contribution >= 4 is 27.6 Å². The maximum Gasteiger partial charge on any atom is 0.339 e. The van der Waals surface area contributed by atoms with Crippen molar-refractivity contribution in [2.75, 3.05) is 0 Å². The zero-order chi connectivity index (χ0) is 14.2. The van der Waals surface area contributed by atoms with Crippen LogP contribution >= 0.6 is 15.9 Å². The Morgan fingerprint density at radius 2 is 2.21 bits per heavy atom. The molecule has 1 aromatic heterocycles. The van der Waals surface area contributed by atoms with Crippen LogP contribution in [0.4, 0.5) is 5.69 Å². The van der Waals surface area contributed by atoms with E-state index in [0.717, 1.165) is 0 Å². The number of aromatic nitrogens is 2. The molecule has 98 valence electrons. The van der Waals surface area contributed by atoms with Crippen molar-refractivity contribution in [2.45, 2.75) is 6.92 Å². The van der Waals surface area contributed by atoms with E-state index in [-0.39, 0.29) is 16.9 Å². The van der Waals surface area contributed by atoms with Crippen LogP contribution in [-0.4, -0.2) is 25.8 Å². The molecule has 1 heterocycles. The summed E-state index contributed by atoms with van der Waals surface area (Å²) >= 11 is 3.22. The van der Waals surface area contributed by atoms with Crippen LogP contribution in [0.25, 0.3) is 5.69 Å². The van der Waals surface area contributed by atoms with Crippen LogP contribution in [0.1, 0.15) is 16.1 Å². The molecule has 8 heteroatoms. The van der Waals surface area contributed by atoms with E-state index in [2.05, 4.69) is 21.0 Å². The number of aryl methyl sites for hydroxylation is 1. The Morgan fingerprint density at radius 3 is 2.74 bits per heavy atom. The molecular formula is C11H8BrN3O4. The minimum atomic E-state index is -1.12. The molecule has 0 fully saturated rings. The van der Waals surface area contributed by atoms with E-state index < -0.39 is 10.9 Å². The van der Waals surface area contributed by atoms with Gasteiger partial charge in [-0.15, -0.1) is 0 Å². The van der Waals surface area contributed by atoms with E-state index >= 15 is 0 Å². The first-order chi connectivity index (χ1) is 8.90. The summed E-state index contributed by atoms with van der Waals surface area (Å²) < 4.78 is 1.83. The summed E-state index contributed by atoms with van der Waals surface area (Å²) in [4.78, 5) is 21.4. The SMILES string of the molecule is Cc1nn(-c2cc(Br)ccc2[N+](=O)[O-])cc1C(=O)O. The van der Waals surface area contributed by atoms with Crippen LogP contribution in [0.15, 0.2) is 28.9 Å². The second kappa shape index (κ2) is 4.81. The van der Waals surface area contributed by atoms with Gasteiger partial charge in [-0.1, -0.05) is 15.9 Å². The second-order valence-corrected chi connectivity index (χ2v) is 4.68. The largest absolute Gasteiger partial charge is 0.478 e. The average molecular weight is 326 g/mol. The molecule has 0 saturated carbocycles. The molecule has 2 aromatic rings. The molecule has 0 aliphatic rings. The van der Waals surface area contributed by atoms with Gasteiger partial charge in [0, 0.05) is 16.7 Å². The van der Waals surface area contributed by atoms with Gasteiger partial charge in [0.1, 0.15) is 11.3 Å². The fourth-order valence-corrected chi connectivity index (χ4v) is 1.98. The molecule has 0 spiro atoms. The van der Waals surface area contributed by atoms with Gasteiger partial charge in [-0.05, 0) is 19.1 Å². The lowest BCUT2D eigenvalue weighted by Gasteiger charge is -2.03. The van der Waals surface area contributed by atoms with Gasteiger partial charge in [0.05, 0.1) is 10.6 Å². The van der Waals surface area contributed by atoms with Gasteiger partial charge in [-0.25, -0.2) is 9.48 Å². The van der Waals surface area contributed by atoms with Crippen molar-refractivity contribution in [3.8, 4) is 5.69 Å². The van der Waals surface area contributed by atoms with Crippen LogP contribution in [0.5, 0.6) is 0 Å². The summed E-state index contributed by atoms with van der Waals surface area (Å²) in [5.41, 5.74) is 0.355. The Hall–Kier alpha value is -2.22. The highest BCUT2D eigenvalue weighted by Crippen LogP contribution is 2.26. The number of nitrogens with zero attached hydrogens (tertiary/aromatic N) is 3. The number of hydrogen-bond acceptors (Lipinski definition) is 4. The molecular weight excluding hydrogens is 318 g/mol. The number of nitro benzene ring substituents is 1.